The van der Waals surface area contributed by atoms with Crippen molar-refractivity contribution >= 4 is 5.97 Å². The SMILES string of the molecule is CC.CCOc1ccccc1OC(=O)c1ccccc1C(C)CC. The van der Waals surface area contributed by atoms with Gasteiger partial charge in [0, 0.05) is 0 Å². The fourth-order valence-electron chi connectivity index (χ4n) is 2.30. The number of hydrogen-bond donors (Lipinski definition) is 0. The number of rotatable bonds is 6. The second-order valence-corrected chi connectivity index (χ2v) is 5.17. The normalized spacial score (nSPS) is 11.0. The summed E-state index contributed by atoms with van der Waals surface area (Å²) in [6.07, 6.45) is 0.972. The van der Waals surface area contributed by atoms with E-state index in [9.17, 15) is 4.79 Å². The Morgan fingerprint density at radius 1 is 0.958 bits per heavy atom. The standard InChI is InChI=1S/C19H22O3.C2H6/c1-4-14(3)15-10-6-7-11-16(15)19(20)22-18-13-9-8-12-17(18)21-5-2;1-2/h6-14H,4-5H2,1-3H3;1-2H3. The zero-order valence-corrected chi connectivity index (χ0v) is 15.3. The number of carbonyl (C=O) groups is 1. The monoisotopic (exact) mass is 328 g/mol. The van der Waals surface area contributed by atoms with Crippen molar-refractivity contribution in [2.75, 3.05) is 6.61 Å². The highest BCUT2D eigenvalue weighted by atomic mass is 16.6. The van der Waals surface area contributed by atoms with Gasteiger partial charge in [-0.25, -0.2) is 4.79 Å². The van der Waals surface area contributed by atoms with Gasteiger partial charge in [-0.15, -0.1) is 0 Å². The average Bonchev–Trinajstić information content (AvgIpc) is 2.64. The molecule has 0 spiro atoms. The predicted octanol–water partition coefficient (Wildman–Crippen LogP) is 5.84. The summed E-state index contributed by atoms with van der Waals surface area (Å²) < 4.78 is 11.1. The highest BCUT2D eigenvalue weighted by Crippen LogP contribution is 2.29. The van der Waals surface area contributed by atoms with Crippen molar-refractivity contribution in [3.8, 4) is 11.5 Å². The Labute approximate surface area is 145 Å². The third-order valence-corrected chi connectivity index (χ3v) is 3.68. The van der Waals surface area contributed by atoms with E-state index in [1.807, 2.05) is 57.2 Å². The van der Waals surface area contributed by atoms with Crippen LogP contribution in [0.15, 0.2) is 48.5 Å². The molecule has 2 aromatic rings. The largest absolute Gasteiger partial charge is 0.490 e. The quantitative estimate of drug-likeness (QED) is 0.493. The Kier molecular flexibility index (Phi) is 8.63. The molecule has 0 aliphatic carbocycles. The van der Waals surface area contributed by atoms with Crippen LogP contribution >= 0.6 is 0 Å². The number of hydrogen-bond acceptors (Lipinski definition) is 3. The summed E-state index contributed by atoms with van der Waals surface area (Å²) in [5.74, 6) is 1.00. The molecule has 0 aromatic heterocycles. The van der Waals surface area contributed by atoms with Gasteiger partial charge in [0.1, 0.15) is 0 Å². The van der Waals surface area contributed by atoms with Crippen LogP contribution in [0.5, 0.6) is 11.5 Å². The van der Waals surface area contributed by atoms with E-state index < -0.39 is 0 Å². The van der Waals surface area contributed by atoms with Crippen molar-refractivity contribution in [2.24, 2.45) is 0 Å². The van der Waals surface area contributed by atoms with Gasteiger partial charge < -0.3 is 9.47 Å². The maximum atomic E-state index is 12.5. The van der Waals surface area contributed by atoms with Gasteiger partial charge in [0.25, 0.3) is 0 Å². The van der Waals surface area contributed by atoms with Crippen LogP contribution < -0.4 is 9.47 Å². The summed E-state index contributed by atoms with van der Waals surface area (Å²) in [7, 11) is 0. The first-order chi connectivity index (χ1) is 11.7. The summed E-state index contributed by atoms with van der Waals surface area (Å²) in [5.41, 5.74) is 1.63. The minimum atomic E-state index is -0.344. The van der Waals surface area contributed by atoms with Crippen LogP contribution in [-0.2, 0) is 0 Å². The van der Waals surface area contributed by atoms with Gasteiger partial charge in [-0.3, -0.25) is 0 Å². The van der Waals surface area contributed by atoms with Gasteiger partial charge in [-0.2, -0.15) is 0 Å². The van der Waals surface area contributed by atoms with E-state index >= 15 is 0 Å². The fraction of sp³-hybridized carbons (Fsp3) is 0.381. The van der Waals surface area contributed by atoms with E-state index in [0.717, 1.165) is 12.0 Å². The molecule has 0 amide bonds. The molecule has 0 radical (unpaired) electrons. The maximum Gasteiger partial charge on any atom is 0.343 e. The van der Waals surface area contributed by atoms with Crippen molar-refractivity contribution < 1.29 is 14.3 Å². The van der Waals surface area contributed by atoms with Gasteiger partial charge in [0.15, 0.2) is 11.5 Å². The molecular weight excluding hydrogens is 300 g/mol. The van der Waals surface area contributed by atoms with Crippen molar-refractivity contribution in [2.45, 2.75) is 47.0 Å². The minimum absolute atomic E-state index is 0.311. The first-order valence-electron chi connectivity index (χ1n) is 8.70. The molecule has 130 valence electrons. The summed E-state index contributed by atoms with van der Waals surface area (Å²) in [6, 6.07) is 14.8. The Hall–Kier alpha value is -2.29. The Balaban J connectivity index is 0.00000139. The Bertz CT molecular complexity index is 634. The zero-order chi connectivity index (χ0) is 17.9. The summed E-state index contributed by atoms with van der Waals surface area (Å²) in [5, 5.41) is 0. The molecule has 24 heavy (non-hydrogen) atoms. The predicted molar refractivity (Wildman–Crippen MR) is 99.1 cm³/mol. The maximum absolute atomic E-state index is 12.5. The van der Waals surface area contributed by atoms with Crippen molar-refractivity contribution in [1.29, 1.82) is 0 Å². The van der Waals surface area contributed by atoms with E-state index in [-0.39, 0.29) is 5.97 Å². The molecule has 2 rings (SSSR count). The number of benzene rings is 2. The lowest BCUT2D eigenvalue weighted by Crippen LogP contribution is -2.13. The molecule has 1 atom stereocenters. The molecule has 2 aromatic carbocycles. The molecule has 1 unspecified atom stereocenters. The first-order valence-corrected chi connectivity index (χ1v) is 8.70. The van der Waals surface area contributed by atoms with E-state index in [1.165, 1.54) is 0 Å². The highest BCUT2D eigenvalue weighted by molar-refractivity contribution is 5.93. The van der Waals surface area contributed by atoms with Crippen LogP contribution in [-0.4, -0.2) is 12.6 Å². The highest BCUT2D eigenvalue weighted by Gasteiger charge is 2.18. The number of esters is 1. The van der Waals surface area contributed by atoms with Crippen molar-refractivity contribution in [3.05, 3.63) is 59.7 Å². The minimum Gasteiger partial charge on any atom is -0.490 e. The summed E-state index contributed by atoms with van der Waals surface area (Å²) in [4.78, 5) is 12.5. The van der Waals surface area contributed by atoms with Crippen LogP contribution in [0.2, 0.25) is 0 Å². The third kappa shape index (κ3) is 5.12. The lowest BCUT2D eigenvalue weighted by Gasteiger charge is -2.15. The van der Waals surface area contributed by atoms with Crippen LogP contribution in [0.1, 0.15) is 62.9 Å². The third-order valence-electron chi connectivity index (χ3n) is 3.68. The molecule has 0 saturated carbocycles. The zero-order valence-electron chi connectivity index (χ0n) is 15.3. The van der Waals surface area contributed by atoms with Gasteiger partial charge in [-0.05, 0) is 43.0 Å². The van der Waals surface area contributed by atoms with Gasteiger partial charge in [-0.1, -0.05) is 58.0 Å². The second-order valence-electron chi connectivity index (χ2n) is 5.17. The van der Waals surface area contributed by atoms with Crippen molar-refractivity contribution in [3.63, 3.8) is 0 Å². The smallest absolute Gasteiger partial charge is 0.343 e. The number of para-hydroxylation sites is 2. The fourth-order valence-corrected chi connectivity index (χ4v) is 2.30. The molecule has 0 N–H and O–H groups in total. The van der Waals surface area contributed by atoms with E-state index in [0.29, 0.717) is 29.6 Å². The summed E-state index contributed by atoms with van der Waals surface area (Å²) in [6.45, 7) is 10.6. The number of carbonyl (C=O) groups excluding carboxylic acids is 1. The molecule has 0 aliphatic heterocycles. The first kappa shape index (κ1) is 19.8. The lowest BCUT2D eigenvalue weighted by molar-refractivity contribution is 0.0726. The van der Waals surface area contributed by atoms with Gasteiger partial charge >= 0.3 is 5.97 Å². The van der Waals surface area contributed by atoms with Crippen LogP contribution in [0.4, 0.5) is 0 Å². The van der Waals surface area contributed by atoms with Gasteiger partial charge in [0.05, 0.1) is 12.2 Å². The van der Waals surface area contributed by atoms with Crippen LogP contribution in [0, 0.1) is 0 Å². The molecule has 3 heteroatoms. The van der Waals surface area contributed by atoms with Gasteiger partial charge in [0.2, 0.25) is 0 Å². The van der Waals surface area contributed by atoms with Crippen molar-refractivity contribution in [1.82, 2.24) is 0 Å². The Morgan fingerprint density at radius 2 is 1.54 bits per heavy atom. The van der Waals surface area contributed by atoms with Crippen LogP contribution in [0.25, 0.3) is 0 Å². The molecule has 0 heterocycles. The lowest BCUT2D eigenvalue weighted by atomic mass is 9.94. The number of ether oxygens (including phenoxy) is 2. The average molecular weight is 328 g/mol. The Morgan fingerprint density at radius 3 is 2.17 bits per heavy atom. The molecular formula is C21H28O3. The molecule has 0 fully saturated rings. The molecule has 0 bridgehead atoms. The molecule has 3 nitrogen and oxygen atoms in total. The van der Waals surface area contributed by atoms with Crippen LogP contribution in [0.3, 0.4) is 0 Å². The summed E-state index contributed by atoms with van der Waals surface area (Å²) >= 11 is 0. The van der Waals surface area contributed by atoms with E-state index in [4.69, 9.17) is 9.47 Å². The second kappa shape index (κ2) is 10.5. The van der Waals surface area contributed by atoms with E-state index in [1.54, 1.807) is 12.1 Å². The topological polar surface area (TPSA) is 35.5 Å². The molecule has 0 saturated heterocycles. The molecule has 0 aliphatic rings. The van der Waals surface area contributed by atoms with E-state index in [2.05, 4.69) is 13.8 Å².